The number of nitrogens with zero attached hydrogens (tertiary/aromatic N) is 1. The summed E-state index contributed by atoms with van der Waals surface area (Å²) in [4.78, 5) is 14.6. The average Bonchev–Trinajstić information content (AvgIpc) is 3.12. The third-order valence-corrected chi connectivity index (χ3v) is 5.41. The number of carbonyl (C=O) groups excluding carboxylic acids is 1. The van der Waals surface area contributed by atoms with Gasteiger partial charge < -0.3 is 15.0 Å². The third kappa shape index (κ3) is 3.69. The molecule has 124 valence electrons. The van der Waals surface area contributed by atoms with Crippen molar-refractivity contribution in [3.8, 4) is 5.75 Å². The molecule has 23 heavy (non-hydrogen) atoms. The zero-order valence-electron chi connectivity index (χ0n) is 13.7. The molecule has 1 aromatic carbocycles. The Labute approximate surface area is 138 Å². The second-order valence-corrected chi connectivity index (χ2v) is 7.26. The Hall–Kier alpha value is -1.55. The van der Waals surface area contributed by atoms with E-state index in [4.69, 9.17) is 4.74 Å². The van der Waals surface area contributed by atoms with Gasteiger partial charge in [0.1, 0.15) is 5.75 Å². The van der Waals surface area contributed by atoms with Crippen LogP contribution in [0.1, 0.15) is 36.8 Å². The van der Waals surface area contributed by atoms with Crippen LogP contribution in [0.15, 0.2) is 18.2 Å². The molecule has 0 bridgehead atoms. The molecule has 0 aromatic heterocycles. The standard InChI is InChI=1S/C19H26N2O2/c22-19(20-11-14-8-9-21(12-14)17-5-6-17)13-23-18-7-4-15-2-1-3-16(15)10-18/h4,7,10,14,17H,1-3,5-6,8-9,11-13H2,(H,20,22). The summed E-state index contributed by atoms with van der Waals surface area (Å²) < 4.78 is 5.66. The highest BCUT2D eigenvalue weighted by molar-refractivity contribution is 5.77. The van der Waals surface area contributed by atoms with Crippen molar-refractivity contribution < 1.29 is 9.53 Å². The molecule has 4 nitrogen and oxygen atoms in total. The van der Waals surface area contributed by atoms with Crippen molar-refractivity contribution in [3.05, 3.63) is 29.3 Å². The number of rotatable bonds is 6. The summed E-state index contributed by atoms with van der Waals surface area (Å²) in [5.41, 5.74) is 2.82. The van der Waals surface area contributed by atoms with Gasteiger partial charge in [-0.25, -0.2) is 0 Å². The van der Waals surface area contributed by atoms with E-state index in [-0.39, 0.29) is 12.5 Å². The van der Waals surface area contributed by atoms with Gasteiger partial charge in [-0.15, -0.1) is 0 Å². The second-order valence-electron chi connectivity index (χ2n) is 7.26. The highest BCUT2D eigenvalue weighted by Gasteiger charge is 2.34. The van der Waals surface area contributed by atoms with Crippen molar-refractivity contribution in [2.24, 2.45) is 5.92 Å². The van der Waals surface area contributed by atoms with Crippen LogP contribution in [0.25, 0.3) is 0 Å². The molecule has 4 heteroatoms. The van der Waals surface area contributed by atoms with E-state index in [1.54, 1.807) is 0 Å². The minimum absolute atomic E-state index is 0.00429. The van der Waals surface area contributed by atoms with E-state index < -0.39 is 0 Å². The number of carbonyl (C=O) groups is 1. The maximum absolute atomic E-state index is 12.0. The Morgan fingerprint density at radius 2 is 2.09 bits per heavy atom. The predicted octanol–water partition coefficient (Wildman–Crippen LogP) is 2.15. The van der Waals surface area contributed by atoms with E-state index >= 15 is 0 Å². The first-order valence-electron chi connectivity index (χ1n) is 9.03. The molecular weight excluding hydrogens is 288 g/mol. The normalized spacial score (nSPS) is 23.7. The van der Waals surface area contributed by atoms with Gasteiger partial charge in [-0.1, -0.05) is 6.07 Å². The molecular formula is C19H26N2O2. The number of hydrogen-bond donors (Lipinski definition) is 1. The molecule has 0 spiro atoms. The summed E-state index contributed by atoms with van der Waals surface area (Å²) in [7, 11) is 0. The first kappa shape index (κ1) is 15.0. The molecule has 1 amide bonds. The lowest BCUT2D eigenvalue weighted by Crippen LogP contribution is -2.34. The van der Waals surface area contributed by atoms with Gasteiger partial charge >= 0.3 is 0 Å². The van der Waals surface area contributed by atoms with Crippen molar-refractivity contribution in [3.63, 3.8) is 0 Å². The molecule has 1 aromatic rings. The van der Waals surface area contributed by atoms with Gasteiger partial charge in [0, 0.05) is 19.1 Å². The van der Waals surface area contributed by atoms with E-state index in [0.717, 1.165) is 31.3 Å². The number of ether oxygens (including phenoxy) is 1. The number of nitrogens with one attached hydrogen (secondary N) is 1. The molecule has 1 atom stereocenters. The summed E-state index contributed by atoms with van der Waals surface area (Å²) in [5.74, 6) is 1.43. The van der Waals surface area contributed by atoms with E-state index in [2.05, 4.69) is 22.3 Å². The fourth-order valence-electron chi connectivity index (χ4n) is 3.90. The van der Waals surface area contributed by atoms with Crippen molar-refractivity contribution >= 4 is 5.91 Å². The van der Waals surface area contributed by atoms with Crippen LogP contribution in [0.4, 0.5) is 0 Å². The van der Waals surface area contributed by atoms with Gasteiger partial charge in [-0.05, 0) is 74.2 Å². The van der Waals surface area contributed by atoms with Crippen LogP contribution < -0.4 is 10.1 Å². The maximum Gasteiger partial charge on any atom is 0.257 e. The largest absolute Gasteiger partial charge is 0.484 e. The van der Waals surface area contributed by atoms with Crippen LogP contribution in [0.2, 0.25) is 0 Å². The Morgan fingerprint density at radius 3 is 2.96 bits per heavy atom. The van der Waals surface area contributed by atoms with Crippen molar-refractivity contribution in [2.75, 3.05) is 26.2 Å². The average molecular weight is 314 g/mol. The lowest BCUT2D eigenvalue weighted by molar-refractivity contribution is -0.123. The monoisotopic (exact) mass is 314 g/mol. The first-order chi connectivity index (χ1) is 11.3. The Balaban J connectivity index is 1.18. The molecule has 2 fully saturated rings. The molecule has 1 aliphatic heterocycles. The predicted molar refractivity (Wildman–Crippen MR) is 89.7 cm³/mol. The van der Waals surface area contributed by atoms with Crippen LogP contribution in [-0.4, -0.2) is 43.1 Å². The zero-order valence-corrected chi connectivity index (χ0v) is 13.7. The molecule has 1 saturated carbocycles. The van der Waals surface area contributed by atoms with Gasteiger partial charge in [0.05, 0.1) is 0 Å². The van der Waals surface area contributed by atoms with Crippen LogP contribution in [-0.2, 0) is 17.6 Å². The summed E-state index contributed by atoms with van der Waals surface area (Å²) in [6.45, 7) is 3.26. The van der Waals surface area contributed by atoms with Crippen molar-refractivity contribution in [1.29, 1.82) is 0 Å². The van der Waals surface area contributed by atoms with E-state index in [0.29, 0.717) is 5.92 Å². The number of fused-ring (bicyclic) bond motifs is 1. The molecule has 1 N–H and O–H groups in total. The quantitative estimate of drug-likeness (QED) is 0.875. The summed E-state index contributed by atoms with van der Waals surface area (Å²) >= 11 is 0. The van der Waals surface area contributed by atoms with Crippen molar-refractivity contribution in [1.82, 2.24) is 10.2 Å². The first-order valence-corrected chi connectivity index (χ1v) is 9.03. The lowest BCUT2D eigenvalue weighted by Gasteiger charge is -2.15. The second kappa shape index (κ2) is 6.52. The van der Waals surface area contributed by atoms with Gasteiger partial charge in [0.15, 0.2) is 6.61 Å². The van der Waals surface area contributed by atoms with Gasteiger partial charge in [-0.2, -0.15) is 0 Å². The van der Waals surface area contributed by atoms with Crippen LogP contribution in [0.5, 0.6) is 5.75 Å². The topological polar surface area (TPSA) is 41.6 Å². The SMILES string of the molecule is O=C(COc1ccc2c(c1)CCC2)NCC1CCN(C2CC2)C1. The van der Waals surface area contributed by atoms with Crippen LogP contribution >= 0.6 is 0 Å². The molecule has 4 rings (SSSR count). The minimum atomic E-state index is -0.00429. The molecule has 1 saturated heterocycles. The Bertz CT molecular complexity index is 583. The molecule has 1 heterocycles. The van der Waals surface area contributed by atoms with Gasteiger partial charge in [0.2, 0.25) is 0 Å². The highest BCUT2D eigenvalue weighted by atomic mass is 16.5. The number of likely N-dealkylation sites (tertiary alicyclic amines) is 1. The van der Waals surface area contributed by atoms with Crippen LogP contribution in [0.3, 0.4) is 0 Å². The minimum Gasteiger partial charge on any atom is -0.484 e. The van der Waals surface area contributed by atoms with Gasteiger partial charge in [-0.3, -0.25) is 4.79 Å². The number of amides is 1. The number of aryl methyl sites for hydroxylation is 2. The van der Waals surface area contributed by atoms with E-state index in [1.165, 1.54) is 49.8 Å². The Kier molecular flexibility index (Phi) is 4.25. The number of hydrogen-bond acceptors (Lipinski definition) is 3. The molecule has 2 aliphatic carbocycles. The maximum atomic E-state index is 12.0. The van der Waals surface area contributed by atoms with Gasteiger partial charge in [0.25, 0.3) is 5.91 Å². The third-order valence-electron chi connectivity index (χ3n) is 5.41. The molecule has 0 radical (unpaired) electrons. The summed E-state index contributed by atoms with van der Waals surface area (Å²) in [5, 5.41) is 3.04. The van der Waals surface area contributed by atoms with Crippen molar-refractivity contribution in [2.45, 2.75) is 44.6 Å². The Morgan fingerprint density at radius 1 is 1.22 bits per heavy atom. The fraction of sp³-hybridized carbons (Fsp3) is 0.632. The van der Waals surface area contributed by atoms with E-state index in [9.17, 15) is 4.79 Å². The summed E-state index contributed by atoms with van der Waals surface area (Å²) in [6.07, 6.45) is 7.50. The molecule has 1 unspecified atom stereocenters. The molecule has 3 aliphatic rings. The fourth-order valence-corrected chi connectivity index (χ4v) is 3.90. The summed E-state index contributed by atoms with van der Waals surface area (Å²) in [6, 6.07) is 7.07. The zero-order chi connectivity index (χ0) is 15.6. The number of benzene rings is 1. The lowest BCUT2D eigenvalue weighted by atomic mass is 10.1. The van der Waals surface area contributed by atoms with Crippen LogP contribution in [0, 0.1) is 5.92 Å². The smallest absolute Gasteiger partial charge is 0.257 e. The highest BCUT2D eigenvalue weighted by Crippen LogP contribution is 2.31. The van der Waals surface area contributed by atoms with E-state index in [1.807, 2.05) is 6.07 Å².